The molecule has 0 aromatic heterocycles. The van der Waals surface area contributed by atoms with Crippen molar-refractivity contribution in [3.05, 3.63) is 11.3 Å². The van der Waals surface area contributed by atoms with Crippen LogP contribution in [-0.2, 0) is 0 Å². The molecule has 0 aliphatic carbocycles. The number of hydrogen-bond acceptors (Lipinski definition) is 3. The second-order valence-electron chi connectivity index (χ2n) is 1.09. The molecule has 1 radical (unpaired) electrons. The van der Waals surface area contributed by atoms with Crippen LogP contribution < -0.4 is 5.73 Å². The summed E-state index contributed by atoms with van der Waals surface area (Å²) in [4.78, 5) is 0. The van der Waals surface area contributed by atoms with Crippen LogP contribution in [0.4, 0.5) is 0 Å². The van der Waals surface area contributed by atoms with Gasteiger partial charge in [0.2, 0.25) is 0 Å². The molecule has 0 atom stereocenters. The van der Waals surface area contributed by atoms with Gasteiger partial charge < -0.3 is 0 Å². The fourth-order valence-electron chi connectivity index (χ4n) is 0.193. The van der Waals surface area contributed by atoms with Crippen LogP contribution in [0.15, 0.2) is 11.3 Å². The maximum atomic E-state index is 8.03. The predicted molar refractivity (Wildman–Crippen MR) is 27.0 cm³/mol. The first-order chi connectivity index (χ1) is 4.26. The molecule has 4 nitrogen and oxygen atoms in total. The van der Waals surface area contributed by atoms with Crippen LogP contribution in [0.2, 0.25) is 0 Å². The van der Waals surface area contributed by atoms with E-state index in [2.05, 4.69) is 0 Å². The molecule has 0 aromatic rings. The van der Waals surface area contributed by atoms with Gasteiger partial charge in [0.05, 0.1) is 0 Å². The highest BCUT2D eigenvalue weighted by molar-refractivity contribution is 5.43. The van der Waals surface area contributed by atoms with E-state index in [9.17, 15) is 0 Å². The molecule has 0 aliphatic rings. The van der Waals surface area contributed by atoms with Crippen LogP contribution in [0, 0.1) is 34.0 Å². The SMILES string of the molecule is N#CC([NH])=C(C#N)C#N. The molecule has 0 aromatic carbocycles. The zero-order chi connectivity index (χ0) is 7.28. The minimum atomic E-state index is -0.583. The zero-order valence-corrected chi connectivity index (χ0v) is 4.34. The Bertz CT molecular complexity index is 238. The molecular weight excluding hydrogens is 116 g/mol. The van der Waals surface area contributed by atoms with Crippen molar-refractivity contribution in [2.24, 2.45) is 0 Å². The molecule has 0 rings (SSSR count). The summed E-state index contributed by atoms with van der Waals surface area (Å²) in [5.41, 5.74) is 5.62. The van der Waals surface area contributed by atoms with E-state index in [4.69, 9.17) is 21.5 Å². The number of nitrogens with zero attached hydrogens (tertiary/aromatic N) is 3. The van der Waals surface area contributed by atoms with Gasteiger partial charge in [0.25, 0.3) is 0 Å². The van der Waals surface area contributed by atoms with Crippen LogP contribution in [0.3, 0.4) is 0 Å². The van der Waals surface area contributed by atoms with Crippen LogP contribution in [0.1, 0.15) is 0 Å². The minimum absolute atomic E-state index is 0.447. The zero-order valence-electron chi connectivity index (χ0n) is 4.34. The molecule has 41 valence electrons. The topological polar surface area (TPSA) is 95.2 Å². The molecular formula is C5HN4. The summed E-state index contributed by atoms with van der Waals surface area (Å²) in [6, 6.07) is 4.19. The van der Waals surface area contributed by atoms with Gasteiger partial charge in [-0.05, 0) is 0 Å². The van der Waals surface area contributed by atoms with E-state index >= 15 is 0 Å². The molecule has 0 spiro atoms. The molecule has 0 aliphatic heterocycles. The molecule has 0 saturated heterocycles. The van der Waals surface area contributed by atoms with Gasteiger partial charge in [0.15, 0.2) is 11.3 Å². The standard InChI is InChI=1S/C5HN4/c6-1-4(2-7)5(9)3-8/h9H. The first-order valence-electron chi connectivity index (χ1n) is 1.92. The van der Waals surface area contributed by atoms with Gasteiger partial charge >= 0.3 is 0 Å². The summed E-state index contributed by atoms with van der Waals surface area (Å²) in [5.74, 6) is 0. The average molecular weight is 117 g/mol. The van der Waals surface area contributed by atoms with Gasteiger partial charge in [-0.15, -0.1) is 0 Å². The fourth-order valence-corrected chi connectivity index (χ4v) is 0.193. The Morgan fingerprint density at radius 2 is 1.44 bits per heavy atom. The number of nitriles is 3. The lowest BCUT2D eigenvalue weighted by Gasteiger charge is -1.77. The van der Waals surface area contributed by atoms with Crippen LogP contribution in [0.5, 0.6) is 0 Å². The maximum Gasteiger partial charge on any atom is 0.165 e. The molecule has 0 heterocycles. The van der Waals surface area contributed by atoms with E-state index in [-0.39, 0.29) is 0 Å². The third-order valence-corrected chi connectivity index (χ3v) is 0.585. The largest absolute Gasteiger partial charge is 0.288 e. The van der Waals surface area contributed by atoms with Gasteiger partial charge in [-0.1, -0.05) is 0 Å². The monoisotopic (exact) mass is 117 g/mol. The van der Waals surface area contributed by atoms with Gasteiger partial charge in [0, 0.05) is 0 Å². The smallest absolute Gasteiger partial charge is 0.165 e. The van der Waals surface area contributed by atoms with Gasteiger partial charge in [0.1, 0.15) is 18.2 Å². The van der Waals surface area contributed by atoms with E-state index in [0.717, 1.165) is 0 Å². The normalized spacial score (nSPS) is 5.89. The number of nitrogens with one attached hydrogen (secondary N) is 1. The van der Waals surface area contributed by atoms with E-state index in [1.165, 1.54) is 18.2 Å². The summed E-state index contributed by atoms with van der Waals surface area (Å²) in [6.45, 7) is 0. The van der Waals surface area contributed by atoms with Crippen molar-refractivity contribution in [1.29, 1.82) is 15.8 Å². The van der Waals surface area contributed by atoms with E-state index in [0.29, 0.717) is 0 Å². The Labute approximate surface area is 52.0 Å². The Morgan fingerprint density at radius 1 is 1.00 bits per heavy atom. The molecule has 0 saturated carbocycles. The average Bonchev–Trinajstić information content (AvgIpc) is 1.90. The second kappa shape index (κ2) is 3.07. The summed E-state index contributed by atoms with van der Waals surface area (Å²) >= 11 is 0. The van der Waals surface area contributed by atoms with Crippen molar-refractivity contribution in [1.82, 2.24) is 5.73 Å². The number of allylic oxidation sites excluding steroid dienone is 2. The second-order valence-corrected chi connectivity index (χ2v) is 1.09. The number of hydrogen-bond donors (Lipinski definition) is 0. The molecule has 0 fully saturated rings. The highest BCUT2D eigenvalue weighted by Crippen LogP contribution is 1.93. The summed E-state index contributed by atoms with van der Waals surface area (Å²) < 4.78 is 0. The molecule has 0 unspecified atom stereocenters. The highest BCUT2D eigenvalue weighted by atomic mass is 14.6. The lowest BCUT2D eigenvalue weighted by atomic mass is 10.3. The molecule has 1 N–H and O–H groups in total. The molecule has 0 bridgehead atoms. The van der Waals surface area contributed by atoms with Crippen LogP contribution >= 0.6 is 0 Å². The van der Waals surface area contributed by atoms with E-state index < -0.39 is 11.3 Å². The Hall–Kier alpha value is -1.99. The molecule has 9 heavy (non-hydrogen) atoms. The number of rotatable bonds is 0. The van der Waals surface area contributed by atoms with Crippen LogP contribution in [-0.4, -0.2) is 0 Å². The van der Waals surface area contributed by atoms with Crippen molar-refractivity contribution in [3.8, 4) is 18.2 Å². The van der Waals surface area contributed by atoms with E-state index in [1.54, 1.807) is 0 Å². The summed E-state index contributed by atoms with van der Waals surface area (Å²) in [7, 11) is 0. The van der Waals surface area contributed by atoms with Crippen LogP contribution in [0.25, 0.3) is 0 Å². The Kier molecular flexibility index (Phi) is 2.39. The van der Waals surface area contributed by atoms with Gasteiger partial charge in [-0.3, -0.25) is 5.73 Å². The third kappa shape index (κ3) is 1.51. The van der Waals surface area contributed by atoms with Crippen molar-refractivity contribution < 1.29 is 0 Å². The minimum Gasteiger partial charge on any atom is -0.288 e. The summed E-state index contributed by atoms with van der Waals surface area (Å²) in [6.07, 6.45) is 0. The molecule has 4 heteroatoms. The first kappa shape index (κ1) is 7.01. The lowest BCUT2D eigenvalue weighted by Crippen LogP contribution is -1.83. The van der Waals surface area contributed by atoms with Gasteiger partial charge in [-0.2, -0.15) is 15.8 Å². The third-order valence-electron chi connectivity index (χ3n) is 0.585. The van der Waals surface area contributed by atoms with Crippen molar-refractivity contribution >= 4 is 0 Å². The maximum absolute atomic E-state index is 8.03. The fraction of sp³-hybridized carbons (Fsp3) is 0. The quantitative estimate of drug-likeness (QED) is 0.420. The Balaban J connectivity index is 4.78. The lowest BCUT2D eigenvalue weighted by molar-refractivity contribution is 1.30. The highest BCUT2D eigenvalue weighted by Gasteiger charge is 1.98. The summed E-state index contributed by atoms with van der Waals surface area (Å²) in [5, 5.41) is 24.0. The van der Waals surface area contributed by atoms with Crippen molar-refractivity contribution in [3.63, 3.8) is 0 Å². The predicted octanol–water partition coefficient (Wildman–Crippen LogP) is 0.0941. The first-order valence-corrected chi connectivity index (χ1v) is 1.92. The molecule has 0 amide bonds. The Morgan fingerprint density at radius 3 is 1.56 bits per heavy atom. The van der Waals surface area contributed by atoms with Crippen molar-refractivity contribution in [2.45, 2.75) is 0 Å². The van der Waals surface area contributed by atoms with Crippen molar-refractivity contribution in [2.75, 3.05) is 0 Å². The van der Waals surface area contributed by atoms with E-state index in [1.807, 2.05) is 0 Å². The van der Waals surface area contributed by atoms with Gasteiger partial charge in [-0.25, -0.2) is 0 Å².